The van der Waals surface area contributed by atoms with E-state index in [1.54, 1.807) is 23.5 Å². The molecule has 0 fully saturated rings. The van der Waals surface area contributed by atoms with Crippen molar-refractivity contribution in [3.05, 3.63) is 45.8 Å². The average Bonchev–Trinajstić information content (AvgIpc) is 2.65. The molecule has 0 saturated carbocycles. The molecule has 1 aromatic heterocycles. The van der Waals surface area contributed by atoms with Crippen molar-refractivity contribution in [2.75, 3.05) is 0 Å². The Morgan fingerprint density at radius 3 is 2.67 bits per heavy atom. The van der Waals surface area contributed by atoms with Gasteiger partial charge in [-0.2, -0.15) is 0 Å². The van der Waals surface area contributed by atoms with E-state index < -0.39 is 0 Å². The van der Waals surface area contributed by atoms with Gasteiger partial charge in [0.25, 0.3) is 0 Å². The lowest BCUT2D eigenvalue weighted by molar-refractivity contribution is 0.112. The number of aryl methyl sites for hydroxylation is 1. The summed E-state index contributed by atoms with van der Waals surface area (Å²) in [5.74, 6) is 0. The van der Waals surface area contributed by atoms with E-state index in [0.717, 1.165) is 16.7 Å². The van der Waals surface area contributed by atoms with Crippen LogP contribution >= 0.6 is 22.9 Å². The summed E-state index contributed by atoms with van der Waals surface area (Å²) < 4.78 is 0. The minimum absolute atomic E-state index is 0.653. The Bertz CT molecular complexity index is 502. The number of carbonyl (C=O) groups excluding carboxylic acids is 1. The van der Waals surface area contributed by atoms with Gasteiger partial charge in [-0.3, -0.25) is 4.79 Å². The van der Waals surface area contributed by atoms with Crippen molar-refractivity contribution < 1.29 is 4.79 Å². The van der Waals surface area contributed by atoms with Gasteiger partial charge in [0.2, 0.25) is 0 Å². The van der Waals surface area contributed by atoms with Crippen LogP contribution in [-0.4, -0.2) is 6.29 Å². The van der Waals surface area contributed by atoms with Gasteiger partial charge in [0.05, 0.1) is 0 Å². The van der Waals surface area contributed by atoms with E-state index in [1.807, 2.05) is 25.1 Å². The zero-order valence-electron chi connectivity index (χ0n) is 8.16. The van der Waals surface area contributed by atoms with Crippen LogP contribution in [-0.2, 0) is 0 Å². The maximum atomic E-state index is 10.7. The van der Waals surface area contributed by atoms with Crippen LogP contribution in [0.3, 0.4) is 0 Å². The Labute approximate surface area is 97.3 Å². The van der Waals surface area contributed by atoms with Crippen LogP contribution in [0, 0.1) is 6.92 Å². The molecule has 0 saturated heterocycles. The lowest BCUT2D eigenvalue weighted by atomic mass is 10.1. The molecule has 0 spiro atoms. The summed E-state index contributed by atoms with van der Waals surface area (Å²) in [5, 5.41) is 0.683. The maximum Gasteiger partial charge on any atom is 0.150 e. The van der Waals surface area contributed by atoms with Gasteiger partial charge in [-0.15, -0.1) is 11.3 Å². The topological polar surface area (TPSA) is 17.1 Å². The van der Waals surface area contributed by atoms with Gasteiger partial charge in [0, 0.05) is 25.9 Å². The summed E-state index contributed by atoms with van der Waals surface area (Å²) in [4.78, 5) is 13.0. The van der Waals surface area contributed by atoms with Crippen molar-refractivity contribution in [1.82, 2.24) is 0 Å². The molecular weight excluding hydrogens is 228 g/mol. The second kappa shape index (κ2) is 4.17. The van der Waals surface area contributed by atoms with E-state index in [9.17, 15) is 4.79 Å². The van der Waals surface area contributed by atoms with Crippen molar-refractivity contribution in [3.63, 3.8) is 0 Å². The highest BCUT2D eigenvalue weighted by molar-refractivity contribution is 7.15. The molecule has 2 rings (SSSR count). The fourth-order valence-corrected chi connectivity index (χ4v) is 2.56. The molecule has 0 bridgehead atoms. The summed E-state index contributed by atoms with van der Waals surface area (Å²) in [7, 11) is 0. The van der Waals surface area contributed by atoms with Gasteiger partial charge in [-0.1, -0.05) is 17.7 Å². The van der Waals surface area contributed by atoms with Crippen molar-refractivity contribution in [1.29, 1.82) is 0 Å². The highest BCUT2D eigenvalue weighted by atomic mass is 35.5. The molecule has 3 heteroatoms. The zero-order valence-corrected chi connectivity index (χ0v) is 9.73. The molecule has 0 aliphatic carbocycles. The quantitative estimate of drug-likeness (QED) is 0.715. The Hall–Kier alpha value is -1.12. The molecule has 0 unspecified atom stereocenters. The Kier molecular flexibility index (Phi) is 2.89. The van der Waals surface area contributed by atoms with Crippen LogP contribution in [0.25, 0.3) is 10.4 Å². The third-order valence-electron chi connectivity index (χ3n) is 2.13. The van der Waals surface area contributed by atoms with Crippen LogP contribution in [0.2, 0.25) is 5.02 Å². The first-order valence-electron chi connectivity index (χ1n) is 4.52. The number of halogens is 1. The number of benzene rings is 1. The smallest absolute Gasteiger partial charge is 0.150 e. The fraction of sp³-hybridized carbons (Fsp3) is 0.0833. The van der Waals surface area contributed by atoms with Gasteiger partial charge in [0.1, 0.15) is 6.29 Å². The van der Waals surface area contributed by atoms with Crippen molar-refractivity contribution in [2.45, 2.75) is 6.92 Å². The maximum absolute atomic E-state index is 10.7. The lowest BCUT2D eigenvalue weighted by Gasteiger charge is -2.01. The van der Waals surface area contributed by atoms with E-state index in [4.69, 9.17) is 11.6 Å². The van der Waals surface area contributed by atoms with Crippen molar-refractivity contribution in [2.24, 2.45) is 0 Å². The molecule has 76 valence electrons. The molecule has 1 nitrogen and oxygen atoms in total. The Balaban J connectivity index is 2.55. The number of carbonyl (C=O) groups is 1. The van der Waals surface area contributed by atoms with Crippen LogP contribution in [0.5, 0.6) is 0 Å². The highest BCUT2D eigenvalue weighted by Crippen LogP contribution is 2.33. The molecule has 2 aromatic rings. The standard InChI is InChI=1S/C12H9ClOS/c1-8-2-5-12(15-8)10-6-9(7-14)3-4-11(10)13/h2-7H,1H3. The number of rotatable bonds is 2. The van der Waals surface area contributed by atoms with Gasteiger partial charge in [-0.05, 0) is 31.2 Å². The zero-order chi connectivity index (χ0) is 10.8. The number of hydrogen-bond acceptors (Lipinski definition) is 2. The first-order valence-corrected chi connectivity index (χ1v) is 5.71. The molecular formula is C12H9ClOS. The molecule has 1 heterocycles. The molecule has 0 aliphatic rings. The van der Waals surface area contributed by atoms with Gasteiger partial charge in [-0.25, -0.2) is 0 Å². The predicted molar refractivity (Wildman–Crippen MR) is 64.9 cm³/mol. The second-order valence-electron chi connectivity index (χ2n) is 3.27. The molecule has 0 N–H and O–H groups in total. The normalized spacial score (nSPS) is 10.3. The summed E-state index contributed by atoms with van der Waals surface area (Å²) in [6.45, 7) is 2.05. The molecule has 0 radical (unpaired) electrons. The molecule has 15 heavy (non-hydrogen) atoms. The monoisotopic (exact) mass is 236 g/mol. The fourth-order valence-electron chi connectivity index (χ4n) is 1.38. The van der Waals surface area contributed by atoms with Crippen molar-refractivity contribution >= 4 is 29.2 Å². The van der Waals surface area contributed by atoms with Crippen LogP contribution in [0.15, 0.2) is 30.3 Å². The molecule has 0 amide bonds. The Morgan fingerprint density at radius 2 is 2.07 bits per heavy atom. The molecule has 0 aliphatic heterocycles. The summed E-state index contributed by atoms with van der Waals surface area (Å²) >= 11 is 7.76. The lowest BCUT2D eigenvalue weighted by Crippen LogP contribution is -1.81. The third kappa shape index (κ3) is 2.11. The van der Waals surface area contributed by atoms with E-state index in [2.05, 4.69) is 0 Å². The van der Waals surface area contributed by atoms with Crippen LogP contribution in [0.4, 0.5) is 0 Å². The first kappa shape index (κ1) is 10.4. The Morgan fingerprint density at radius 1 is 1.27 bits per heavy atom. The largest absolute Gasteiger partial charge is 0.298 e. The van der Waals surface area contributed by atoms with Crippen molar-refractivity contribution in [3.8, 4) is 10.4 Å². The predicted octanol–water partition coefficient (Wildman–Crippen LogP) is 4.19. The summed E-state index contributed by atoms with van der Waals surface area (Å²) in [6, 6.07) is 9.37. The average molecular weight is 237 g/mol. The van der Waals surface area contributed by atoms with E-state index in [-0.39, 0.29) is 0 Å². The minimum atomic E-state index is 0.653. The number of aldehydes is 1. The third-order valence-corrected chi connectivity index (χ3v) is 3.50. The van der Waals surface area contributed by atoms with E-state index >= 15 is 0 Å². The highest BCUT2D eigenvalue weighted by Gasteiger charge is 2.06. The van der Waals surface area contributed by atoms with Gasteiger partial charge >= 0.3 is 0 Å². The molecule has 1 aromatic carbocycles. The number of thiophene rings is 1. The van der Waals surface area contributed by atoms with E-state index in [0.29, 0.717) is 10.6 Å². The minimum Gasteiger partial charge on any atom is -0.298 e. The van der Waals surface area contributed by atoms with Crippen LogP contribution < -0.4 is 0 Å². The van der Waals surface area contributed by atoms with Gasteiger partial charge < -0.3 is 0 Å². The first-order chi connectivity index (χ1) is 7.20. The second-order valence-corrected chi connectivity index (χ2v) is 4.96. The van der Waals surface area contributed by atoms with Gasteiger partial charge in [0.15, 0.2) is 0 Å². The van der Waals surface area contributed by atoms with Crippen LogP contribution in [0.1, 0.15) is 15.2 Å². The SMILES string of the molecule is Cc1ccc(-c2cc(C=O)ccc2Cl)s1. The summed E-state index contributed by atoms with van der Waals surface area (Å²) in [5.41, 5.74) is 1.58. The summed E-state index contributed by atoms with van der Waals surface area (Å²) in [6.07, 6.45) is 0.834. The molecule has 0 atom stereocenters. The number of hydrogen-bond donors (Lipinski definition) is 0. The van der Waals surface area contributed by atoms with E-state index in [1.165, 1.54) is 4.88 Å².